The van der Waals surface area contributed by atoms with E-state index >= 15 is 0 Å². The van der Waals surface area contributed by atoms with Gasteiger partial charge in [0.2, 0.25) is 0 Å². The first kappa shape index (κ1) is 20.7. The van der Waals surface area contributed by atoms with E-state index in [2.05, 4.69) is 93.7 Å². The average molecular weight is 409 g/mol. The zero-order valence-corrected chi connectivity index (χ0v) is 17.9. The third-order valence-corrected chi connectivity index (χ3v) is 5.29. The fraction of sp³-hybridized carbons (Fsp3) is 0.111. The van der Waals surface area contributed by atoms with Crippen molar-refractivity contribution in [3.63, 3.8) is 0 Å². The number of nitrogens with one attached hydrogen (secondary N) is 1. The van der Waals surface area contributed by atoms with E-state index in [-0.39, 0.29) is 6.04 Å². The summed E-state index contributed by atoms with van der Waals surface area (Å²) in [5.74, 6) is 5.93. The number of hydrazine groups is 1. The van der Waals surface area contributed by atoms with Crippen molar-refractivity contribution in [1.82, 2.24) is 14.8 Å². The molecule has 5 rings (SSSR count). The number of aromatic nitrogens is 2. The van der Waals surface area contributed by atoms with Crippen LogP contribution >= 0.6 is 0 Å². The lowest BCUT2D eigenvalue weighted by atomic mass is 9.98. The van der Waals surface area contributed by atoms with Crippen LogP contribution < -0.4 is 11.3 Å². The molecule has 1 unspecified atom stereocenters. The minimum absolute atomic E-state index is 0.0649. The Balaban J connectivity index is 0.00000112. The van der Waals surface area contributed by atoms with Crippen LogP contribution in [0.15, 0.2) is 109 Å². The van der Waals surface area contributed by atoms with Crippen molar-refractivity contribution in [1.29, 1.82) is 0 Å². The van der Waals surface area contributed by atoms with Crippen LogP contribution in [0.5, 0.6) is 0 Å². The van der Waals surface area contributed by atoms with Crippen molar-refractivity contribution in [2.24, 2.45) is 5.84 Å². The van der Waals surface area contributed by atoms with E-state index in [1.807, 2.05) is 44.2 Å². The van der Waals surface area contributed by atoms with Crippen LogP contribution in [0, 0.1) is 0 Å². The molecule has 0 aliphatic carbocycles. The van der Waals surface area contributed by atoms with Crippen LogP contribution in [-0.4, -0.2) is 9.36 Å². The lowest BCUT2D eigenvalue weighted by Gasteiger charge is -2.28. The summed E-state index contributed by atoms with van der Waals surface area (Å²) in [4.78, 5) is 0. The molecular formula is C27H28N4. The third-order valence-electron chi connectivity index (χ3n) is 5.29. The van der Waals surface area contributed by atoms with Crippen LogP contribution in [0.25, 0.3) is 22.4 Å². The number of rotatable bonds is 5. The molecule has 0 bridgehead atoms. The van der Waals surface area contributed by atoms with E-state index in [9.17, 15) is 0 Å². The van der Waals surface area contributed by atoms with Crippen molar-refractivity contribution in [3.05, 3.63) is 120 Å². The molecule has 0 radical (unpaired) electrons. The van der Waals surface area contributed by atoms with E-state index in [0.29, 0.717) is 0 Å². The van der Waals surface area contributed by atoms with E-state index < -0.39 is 0 Å². The van der Waals surface area contributed by atoms with Gasteiger partial charge in [0.15, 0.2) is 0 Å². The number of nitrogens with two attached hydrogens (primary N) is 1. The van der Waals surface area contributed by atoms with Crippen LogP contribution in [0.2, 0.25) is 0 Å². The maximum Gasteiger partial charge on any atom is 0.0897 e. The minimum Gasteiger partial charge on any atom is -0.271 e. The number of fused-ring (bicyclic) bond motifs is 1. The lowest BCUT2D eigenvalue weighted by Crippen LogP contribution is -2.29. The molecule has 4 nitrogen and oxygen atoms in total. The predicted octanol–water partition coefficient (Wildman–Crippen LogP) is 6.00. The molecule has 0 fully saturated rings. The van der Waals surface area contributed by atoms with Gasteiger partial charge in [-0.05, 0) is 47.5 Å². The molecule has 0 amide bonds. The fourth-order valence-electron chi connectivity index (χ4n) is 3.92. The summed E-state index contributed by atoms with van der Waals surface area (Å²) in [6, 6.07) is 37.6. The van der Waals surface area contributed by atoms with Gasteiger partial charge >= 0.3 is 0 Å². The first-order chi connectivity index (χ1) is 15.4. The van der Waals surface area contributed by atoms with Crippen LogP contribution in [0.1, 0.15) is 31.0 Å². The molecule has 156 valence electrons. The molecule has 0 spiro atoms. The van der Waals surface area contributed by atoms with Crippen molar-refractivity contribution in [2.75, 3.05) is 0 Å². The standard InChI is InChI=1S/C25H22N4.C2H6/c26-27-25(19-10-4-1-5-11-19)20-16-17-23-24(18-20)29(22-14-8-3-9-15-22)28(23)21-12-6-2-7-13-21;1-2/h1-18,25,27H,26H2;1-2H3. The Morgan fingerprint density at radius 1 is 0.581 bits per heavy atom. The number of hydrogen-bond acceptors (Lipinski definition) is 2. The first-order valence-electron chi connectivity index (χ1n) is 10.7. The predicted molar refractivity (Wildman–Crippen MR) is 130 cm³/mol. The molecular weight excluding hydrogens is 380 g/mol. The van der Waals surface area contributed by atoms with Gasteiger partial charge < -0.3 is 0 Å². The van der Waals surface area contributed by atoms with E-state index in [4.69, 9.17) is 5.84 Å². The molecule has 0 aliphatic heterocycles. The van der Waals surface area contributed by atoms with E-state index in [0.717, 1.165) is 28.0 Å². The van der Waals surface area contributed by atoms with Crippen molar-refractivity contribution in [2.45, 2.75) is 19.9 Å². The Labute approximate surface area is 183 Å². The summed E-state index contributed by atoms with van der Waals surface area (Å²) in [7, 11) is 0. The van der Waals surface area contributed by atoms with Gasteiger partial charge in [-0.3, -0.25) is 5.84 Å². The minimum atomic E-state index is -0.0649. The molecule has 0 aliphatic rings. The van der Waals surface area contributed by atoms with Gasteiger partial charge in [0.25, 0.3) is 0 Å². The molecule has 0 saturated heterocycles. The average Bonchev–Trinajstić information content (AvgIpc) is 2.84. The highest BCUT2D eigenvalue weighted by atomic mass is 15.4. The number of nitrogens with zero attached hydrogens (tertiary/aromatic N) is 2. The molecule has 4 heteroatoms. The smallest absolute Gasteiger partial charge is 0.0897 e. The maximum absolute atomic E-state index is 5.93. The Kier molecular flexibility index (Phi) is 6.32. The van der Waals surface area contributed by atoms with E-state index in [1.54, 1.807) is 0 Å². The lowest BCUT2D eigenvalue weighted by molar-refractivity contribution is 0.635. The van der Waals surface area contributed by atoms with Crippen LogP contribution in [0.3, 0.4) is 0 Å². The highest BCUT2D eigenvalue weighted by Gasteiger charge is 2.19. The second-order valence-corrected chi connectivity index (χ2v) is 7.05. The highest BCUT2D eigenvalue weighted by Crippen LogP contribution is 2.31. The molecule has 1 heterocycles. The summed E-state index contributed by atoms with van der Waals surface area (Å²) in [5.41, 5.74) is 9.83. The van der Waals surface area contributed by atoms with Gasteiger partial charge in [-0.15, -0.1) is 0 Å². The fourth-order valence-corrected chi connectivity index (χ4v) is 3.92. The van der Waals surface area contributed by atoms with Crippen LogP contribution in [0.4, 0.5) is 0 Å². The van der Waals surface area contributed by atoms with Gasteiger partial charge in [0.1, 0.15) is 0 Å². The largest absolute Gasteiger partial charge is 0.271 e. The zero-order valence-electron chi connectivity index (χ0n) is 17.9. The number of benzene rings is 4. The van der Waals surface area contributed by atoms with E-state index in [1.165, 1.54) is 5.52 Å². The van der Waals surface area contributed by atoms with Gasteiger partial charge in [0.05, 0.1) is 28.5 Å². The second kappa shape index (κ2) is 9.47. The maximum atomic E-state index is 5.93. The Morgan fingerprint density at radius 2 is 1.06 bits per heavy atom. The first-order valence-corrected chi connectivity index (χ1v) is 10.7. The summed E-state index contributed by atoms with van der Waals surface area (Å²) < 4.78 is 4.48. The Hall–Kier alpha value is -3.60. The highest BCUT2D eigenvalue weighted by molar-refractivity contribution is 5.83. The molecule has 31 heavy (non-hydrogen) atoms. The SMILES string of the molecule is CC.NNC(c1ccccc1)c1ccc2c(c1)n(-c1ccccc1)n2-c1ccccc1. The van der Waals surface area contributed by atoms with Crippen LogP contribution in [-0.2, 0) is 0 Å². The Morgan fingerprint density at radius 3 is 1.58 bits per heavy atom. The van der Waals surface area contributed by atoms with Crippen molar-refractivity contribution >= 4 is 11.0 Å². The monoisotopic (exact) mass is 408 g/mol. The third kappa shape index (κ3) is 3.91. The van der Waals surface area contributed by atoms with Gasteiger partial charge in [-0.25, -0.2) is 14.8 Å². The molecule has 3 N–H and O–H groups in total. The topological polar surface area (TPSA) is 47.9 Å². The summed E-state index contributed by atoms with van der Waals surface area (Å²) in [5, 5.41) is 0. The van der Waals surface area contributed by atoms with Crippen molar-refractivity contribution in [3.8, 4) is 11.4 Å². The van der Waals surface area contributed by atoms with Gasteiger partial charge in [-0.1, -0.05) is 86.6 Å². The summed E-state index contributed by atoms with van der Waals surface area (Å²) >= 11 is 0. The molecule has 0 saturated carbocycles. The molecule has 4 aromatic carbocycles. The normalized spacial score (nSPS) is 11.7. The summed E-state index contributed by atoms with van der Waals surface area (Å²) in [6.07, 6.45) is 0. The number of para-hydroxylation sites is 2. The molecule has 5 aromatic rings. The van der Waals surface area contributed by atoms with Crippen molar-refractivity contribution < 1.29 is 0 Å². The molecule has 1 atom stereocenters. The zero-order chi connectivity index (χ0) is 21.6. The number of hydrogen-bond donors (Lipinski definition) is 2. The quantitative estimate of drug-likeness (QED) is 0.277. The second-order valence-electron chi connectivity index (χ2n) is 7.05. The molecule has 1 aromatic heterocycles. The summed E-state index contributed by atoms with van der Waals surface area (Å²) in [6.45, 7) is 4.00. The Bertz CT molecular complexity index is 1220. The van der Waals surface area contributed by atoms with Gasteiger partial charge in [0, 0.05) is 0 Å². The van der Waals surface area contributed by atoms with Gasteiger partial charge in [-0.2, -0.15) is 0 Å².